The highest BCUT2D eigenvalue weighted by atomic mass is 32.2. The monoisotopic (exact) mass is 250 g/mol. The van der Waals surface area contributed by atoms with Crippen molar-refractivity contribution in [1.82, 2.24) is 0 Å². The van der Waals surface area contributed by atoms with Crippen LogP contribution in [0.1, 0.15) is 12.0 Å². The first kappa shape index (κ1) is 13.1. The van der Waals surface area contributed by atoms with Crippen LogP contribution >= 0.6 is 0 Å². The molecule has 0 aliphatic heterocycles. The van der Waals surface area contributed by atoms with Crippen LogP contribution in [0.3, 0.4) is 0 Å². The molecule has 16 heavy (non-hydrogen) atoms. The van der Waals surface area contributed by atoms with Crippen LogP contribution in [0.4, 0.5) is 8.78 Å². The van der Waals surface area contributed by atoms with Gasteiger partial charge in [-0.15, -0.1) is 0 Å². The fourth-order valence-corrected chi connectivity index (χ4v) is 1.91. The summed E-state index contributed by atoms with van der Waals surface area (Å²) in [6, 6.07) is 4.60. The van der Waals surface area contributed by atoms with E-state index in [2.05, 4.69) is 0 Å². The van der Waals surface area contributed by atoms with Crippen molar-refractivity contribution in [2.45, 2.75) is 17.2 Å². The minimum absolute atomic E-state index is 0.150. The van der Waals surface area contributed by atoms with E-state index in [0.29, 0.717) is 0 Å². The number of hydrogen-bond donors (Lipinski definition) is 1. The maximum Gasteiger partial charge on any atom is 0.275 e. The lowest BCUT2D eigenvalue weighted by atomic mass is 10.1. The van der Waals surface area contributed by atoms with Crippen molar-refractivity contribution in [1.29, 1.82) is 0 Å². The van der Waals surface area contributed by atoms with E-state index in [-0.39, 0.29) is 4.90 Å². The second-order valence-corrected chi connectivity index (χ2v) is 5.49. The predicted octanol–water partition coefficient (Wildman–Crippen LogP) is 1.56. The first-order valence-electron chi connectivity index (χ1n) is 4.56. The lowest BCUT2D eigenvalue weighted by molar-refractivity contribution is -0.0271. The molecule has 0 aromatic heterocycles. The highest BCUT2D eigenvalue weighted by molar-refractivity contribution is 7.90. The fraction of sp³-hybridized carbons (Fsp3) is 0.400. The van der Waals surface area contributed by atoms with E-state index < -0.39 is 34.4 Å². The van der Waals surface area contributed by atoms with Crippen molar-refractivity contribution in [3.05, 3.63) is 29.8 Å². The van der Waals surface area contributed by atoms with Gasteiger partial charge in [0.1, 0.15) is 0 Å². The first-order chi connectivity index (χ1) is 7.27. The van der Waals surface area contributed by atoms with Crippen LogP contribution in [-0.2, 0) is 15.8 Å². The van der Waals surface area contributed by atoms with Crippen molar-refractivity contribution in [2.75, 3.05) is 12.9 Å². The quantitative estimate of drug-likeness (QED) is 0.882. The smallest absolute Gasteiger partial charge is 0.275 e. The van der Waals surface area contributed by atoms with E-state index in [9.17, 15) is 17.2 Å². The molecule has 1 aromatic carbocycles. The van der Waals surface area contributed by atoms with Gasteiger partial charge in [-0.05, 0) is 12.1 Å². The zero-order valence-electron chi connectivity index (χ0n) is 8.65. The summed E-state index contributed by atoms with van der Waals surface area (Å²) in [5, 5.41) is 8.49. The van der Waals surface area contributed by atoms with Gasteiger partial charge in [0.05, 0.1) is 4.90 Å². The van der Waals surface area contributed by atoms with Crippen LogP contribution in [0.15, 0.2) is 29.2 Å². The molecule has 0 bridgehead atoms. The lowest BCUT2D eigenvalue weighted by Gasteiger charge is -2.15. The van der Waals surface area contributed by atoms with Crippen LogP contribution in [0.5, 0.6) is 0 Å². The van der Waals surface area contributed by atoms with Crippen LogP contribution < -0.4 is 0 Å². The lowest BCUT2D eigenvalue weighted by Crippen LogP contribution is -2.15. The molecule has 0 heterocycles. The van der Waals surface area contributed by atoms with Crippen molar-refractivity contribution in [2.24, 2.45) is 0 Å². The zero-order valence-corrected chi connectivity index (χ0v) is 9.47. The van der Waals surface area contributed by atoms with Gasteiger partial charge in [0.15, 0.2) is 9.84 Å². The second-order valence-electron chi connectivity index (χ2n) is 3.48. The molecule has 0 unspecified atom stereocenters. The molecule has 1 aromatic rings. The average molecular weight is 250 g/mol. The van der Waals surface area contributed by atoms with Crippen LogP contribution in [0.2, 0.25) is 0 Å². The maximum absolute atomic E-state index is 13.4. The Labute approximate surface area is 92.6 Å². The van der Waals surface area contributed by atoms with Gasteiger partial charge in [-0.25, -0.2) is 17.2 Å². The maximum atomic E-state index is 13.4. The third kappa shape index (κ3) is 2.99. The number of aliphatic hydroxyl groups excluding tert-OH is 1. The summed E-state index contributed by atoms with van der Waals surface area (Å²) in [7, 11) is -3.50. The minimum atomic E-state index is -3.50. The predicted molar refractivity (Wildman–Crippen MR) is 55.1 cm³/mol. The van der Waals surface area contributed by atoms with E-state index in [0.717, 1.165) is 18.4 Å². The van der Waals surface area contributed by atoms with Crippen molar-refractivity contribution < 1.29 is 22.3 Å². The third-order valence-corrected chi connectivity index (χ3v) is 3.22. The molecule has 3 nitrogen and oxygen atoms in total. The molecular weight excluding hydrogens is 238 g/mol. The Bertz CT molecular complexity index is 469. The van der Waals surface area contributed by atoms with Gasteiger partial charge in [0.25, 0.3) is 5.92 Å². The molecule has 0 saturated carbocycles. The number of hydrogen-bond acceptors (Lipinski definition) is 3. The Hall–Kier alpha value is -1.01. The number of halogens is 2. The first-order valence-corrected chi connectivity index (χ1v) is 6.46. The molecule has 0 atom stereocenters. The minimum Gasteiger partial charge on any atom is -0.396 e. The van der Waals surface area contributed by atoms with Gasteiger partial charge < -0.3 is 5.11 Å². The third-order valence-electron chi connectivity index (χ3n) is 2.11. The van der Waals surface area contributed by atoms with Gasteiger partial charge in [-0.1, -0.05) is 12.1 Å². The number of alkyl halides is 2. The molecule has 0 radical (unpaired) electrons. The van der Waals surface area contributed by atoms with Gasteiger partial charge in [0.2, 0.25) is 0 Å². The molecule has 0 fully saturated rings. The van der Waals surface area contributed by atoms with Crippen molar-refractivity contribution >= 4 is 9.84 Å². The van der Waals surface area contributed by atoms with E-state index in [1.165, 1.54) is 12.1 Å². The molecule has 0 amide bonds. The number of rotatable bonds is 4. The number of benzene rings is 1. The molecule has 0 aliphatic rings. The summed E-state index contributed by atoms with van der Waals surface area (Å²) < 4.78 is 49.1. The summed E-state index contributed by atoms with van der Waals surface area (Å²) in [5.41, 5.74) is -0.399. The summed E-state index contributed by atoms with van der Waals surface area (Å²) in [6.07, 6.45) is 0.233. The van der Waals surface area contributed by atoms with E-state index >= 15 is 0 Å². The van der Waals surface area contributed by atoms with E-state index in [1.807, 2.05) is 0 Å². The molecule has 1 rings (SSSR count). The Morgan fingerprint density at radius 1 is 1.38 bits per heavy atom. The van der Waals surface area contributed by atoms with Crippen LogP contribution in [0.25, 0.3) is 0 Å². The number of aliphatic hydroxyl groups is 1. The van der Waals surface area contributed by atoms with E-state index in [1.54, 1.807) is 0 Å². The highest BCUT2D eigenvalue weighted by Crippen LogP contribution is 2.32. The number of sulfone groups is 1. The Morgan fingerprint density at radius 2 is 2.00 bits per heavy atom. The highest BCUT2D eigenvalue weighted by Gasteiger charge is 2.31. The van der Waals surface area contributed by atoms with Crippen molar-refractivity contribution in [3.63, 3.8) is 0 Å². The average Bonchev–Trinajstić information content (AvgIpc) is 2.16. The fourth-order valence-electron chi connectivity index (χ4n) is 1.24. The summed E-state index contributed by atoms with van der Waals surface area (Å²) in [4.78, 5) is -0.150. The van der Waals surface area contributed by atoms with Gasteiger partial charge in [-0.2, -0.15) is 0 Å². The normalized spacial score (nSPS) is 12.8. The summed E-state index contributed by atoms with van der Waals surface area (Å²) in [6.45, 7) is -0.657. The Morgan fingerprint density at radius 3 is 2.50 bits per heavy atom. The van der Waals surface area contributed by atoms with Gasteiger partial charge in [0, 0.05) is 24.8 Å². The summed E-state index contributed by atoms with van der Waals surface area (Å²) >= 11 is 0. The SMILES string of the molecule is CS(=O)(=O)c1cccc(C(F)(F)CCO)c1. The summed E-state index contributed by atoms with van der Waals surface area (Å²) in [5.74, 6) is -3.21. The van der Waals surface area contributed by atoms with Gasteiger partial charge in [-0.3, -0.25) is 0 Å². The van der Waals surface area contributed by atoms with Crippen molar-refractivity contribution in [3.8, 4) is 0 Å². The molecule has 90 valence electrons. The Kier molecular flexibility index (Phi) is 3.64. The molecule has 0 spiro atoms. The van der Waals surface area contributed by atoms with Gasteiger partial charge >= 0.3 is 0 Å². The molecule has 0 saturated heterocycles. The van der Waals surface area contributed by atoms with Crippen LogP contribution in [0, 0.1) is 0 Å². The van der Waals surface area contributed by atoms with E-state index in [4.69, 9.17) is 5.11 Å². The molecule has 1 N–H and O–H groups in total. The molecule has 6 heteroatoms. The Balaban J connectivity index is 3.18. The molecular formula is C10H12F2O3S. The topological polar surface area (TPSA) is 54.4 Å². The zero-order chi connectivity index (χ0) is 12.4. The molecule has 0 aliphatic carbocycles. The second kappa shape index (κ2) is 4.47. The standard InChI is InChI=1S/C10H12F2O3S/c1-16(14,15)9-4-2-3-8(7-9)10(11,12)5-6-13/h2-4,7,13H,5-6H2,1H3. The van der Waals surface area contributed by atoms with Crippen LogP contribution in [-0.4, -0.2) is 26.4 Å². The largest absolute Gasteiger partial charge is 0.396 e.